The SMILES string of the molecule is COc1cccc(-c2cc(C#N)nc(N3CCCCC3)n2)c1. The molecule has 1 fully saturated rings. The maximum absolute atomic E-state index is 9.25. The van der Waals surface area contributed by atoms with Gasteiger partial charge in [0, 0.05) is 24.7 Å². The minimum Gasteiger partial charge on any atom is -0.497 e. The van der Waals surface area contributed by atoms with Crippen molar-refractivity contribution in [1.82, 2.24) is 9.97 Å². The molecule has 0 N–H and O–H groups in total. The van der Waals surface area contributed by atoms with E-state index in [1.54, 1.807) is 13.2 Å². The summed E-state index contributed by atoms with van der Waals surface area (Å²) in [5.74, 6) is 1.42. The van der Waals surface area contributed by atoms with Crippen molar-refractivity contribution in [1.29, 1.82) is 5.26 Å². The number of rotatable bonds is 3. The van der Waals surface area contributed by atoms with E-state index in [0.29, 0.717) is 11.6 Å². The van der Waals surface area contributed by atoms with Crippen molar-refractivity contribution in [3.8, 4) is 23.1 Å². The van der Waals surface area contributed by atoms with E-state index in [1.165, 1.54) is 6.42 Å². The molecule has 2 aromatic rings. The first-order valence-electron chi connectivity index (χ1n) is 7.49. The highest BCUT2D eigenvalue weighted by molar-refractivity contribution is 5.63. The molecule has 112 valence electrons. The molecule has 0 saturated carbocycles. The van der Waals surface area contributed by atoms with Crippen LogP contribution in [0.25, 0.3) is 11.3 Å². The van der Waals surface area contributed by atoms with Gasteiger partial charge in [0.25, 0.3) is 0 Å². The lowest BCUT2D eigenvalue weighted by molar-refractivity contribution is 0.415. The molecule has 0 bridgehead atoms. The zero-order valence-corrected chi connectivity index (χ0v) is 12.6. The van der Waals surface area contributed by atoms with Gasteiger partial charge in [0.2, 0.25) is 5.95 Å². The van der Waals surface area contributed by atoms with Crippen molar-refractivity contribution in [2.45, 2.75) is 19.3 Å². The normalized spacial score (nSPS) is 14.5. The molecule has 0 aliphatic carbocycles. The van der Waals surface area contributed by atoms with Gasteiger partial charge in [-0.05, 0) is 31.4 Å². The molecular weight excluding hydrogens is 276 g/mol. The van der Waals surface area contributed by atoms with Crippen molar-refractivity contribution in [2.75, 3.05) is 25.1 Å². The molecule has 0 radical (unpaired) electrons. The average Bonchev–Trinajstić information content (AvgIpc) is 2.62. The summed E-state index contributed by atoms with van der Waals surface area (Å²) >= 11 is 0. The first-order valence-corrected chi connectivity index (χ1v) is 7.49. The summed E-state index contributed by atoms with van der Waals surface area (Å²) < 4.78 is 5.26. The van der Waals surface area contributed by atoms with Gasteiger partial charge in [-0.25, -0.2) is 9.97 Å². The Morgan fingerprint density at radius 3 is 2.68 bits per heavy atom. The van der Waals surface area contributed by atoms with E-state index in [-0.39, 0.29) is 0 Å². The molecule has 1 saturated heterocycles. The van der Waals surface area contributed by atoms with Gasteiger partial charge in [-0.1, -0.05) is 12.1 Å². The lowest BCUT2D eigenvalue weighted by Crippen LogP contribution is -2.31. The number of hydrogen-bond acceptors (Lipinski definition) is 5. The van der Waals surface area contributed by atoms with Gasteiger partial charge in [0.1, 0.15) is 17.5 Å². The van der Waals surface area contributed by atoms with Crippen molar-refractivity contribution in [3.63, 3.8) is 0 Å². The minimum absolute atomic E-state index is 0.397. The Kier molecular flexibility index (Phi) is 4.19. The fourth-order valence-electron chi connectivity index (χ4n) is 2.66. The highest BCUT2D eigenvalue weighted by Gasteiger charge is 2.16. The fourth-order valence-corrected chi connectivity index (χ4v) is 2.66. The molecule has 1 aromatic heterocycles. The molecule has 0 amide bonds. The van der Waals surface area contributed by atoms with Crippen LogP contribution < -0.4 is 9.64 Å². The van der Waals surface area contributed by atoms with E-state index >= 15 is 0 Å². The molecule has 2 heterocycles. The van der Waals surface area contributed by atoms with Crippen LogP contribution in [0.4, 0.5) is 5.95 Å². The van der Waals surface area contributed by atoms with Crippen molar-refractivity contribution in [2.24, 2.45) is 0 Å². The van der Waals surface area contributed by atoms with E-state index in [0.717, 1.165) is 42.9 Å². The van der Waals surface area contributed by atoms with Crippen molar-refractivity contribution < 1.29 is 4.74 Å². The highest BCUT2D eigenvalue weighted by atomic mass is 16.5. The first-order chi connectivity index (χ1) is 10.8. The summed E-state index contributed by atoms with van der Waals surface area (Å²) in [6.07, 6.45) is 3.54. The van der Waals surface area contributed by atoms with Gasteiger partial charge >= 0.3 is 0 Å². The van der Waals surface area contributed by atoms with Crippen LogP contribution >= 0.6 is 0 Å². The Hall–Kier alpha value is -2.61. The van der Waals surface area contributed by atoms with E-state index in [9.17, 15) is 5.26 Å². The summed E-state index contributed by atoms with van der Waals surface area (Å²) in [7, 11) is 1.64. The average molecular weight is 294 g/mol. The second-order valence-electron chi connectivity index (χ2n) is 5.33. The second kappa shape index (κ2) is 6.44. The molecule has 0 atom stereocenters. The number of aromatic nitrogens is 2. The largest absolute Gasteiger partial charge is 0.497 e. The molecule has 0 unspecified atom stereocenters. The number of hydrogen-bond donors (Lipinski definition) is 0. The summed E-state index contributed by atoms with van der Waals surface area (Å²) in [4.78, 5) is 11.2. The molecule has 5 heteroatoms. The van der Waals surface area contributed by atoms with E-state index in [4.69, 9.17) is 4.74 Å². The van der Waals surface area contributed by atoms with Gasteiger partial charge in [-0.15, -0.1) is 0 Å². The molecule has 3 rings (SSSR count). The molecule has 22 heavy (non-hydrogen) atoms. The third kappa shape index (κ3) is 3.01. The van der Waals surface area contributed by atoms with Gasteiger partial charge in [0.15, 0.2) is 0 Å². The highest BCUT2D eigenvalue weighted by Crippen LogP contribution is 2.25. The maximum atomic E-state index is 9.25. The third-order valence-electron chi connectivity index (χ3n) is 3.83. The summed E-state index contributed by atoms with van der Waals surface area (Å²) in [6.45, 7) is 1.90. The van der Waals surface area contributed by atoms with Crippen LogP contribution in [0.3, 0.4) is 0 Å². The maximum Gasteiger partial charge on any atom is 0.227 e. The monoisotopic (exact) mass is 294 g/mol. The fraction of sp³-hybridized carbons (Fsp3) is 0.353. The van der Waals surface area contributed by atoms with E-state index in [2.05, 4.69) is 20.9 Å². The number of nitrogens with zero attached hydrogens (tertiary/aromatic N) is 4. The van der Waals surface area contributed by atoms with Crippen molar-refractivity contribution >= 4 is 5.95 Å². The van der Waals surface area contributed by atoms with Crippen LogP contribution in [0.5, 0.6) is 5.75 Å². The lowest BCUT2D eigenvalue weighted by Gasteiger charge is -2.26. The number of methoxy groups -OCH3 is 1. The molecule has 1 aliphatic heterocycles. The van der Waals surface area contributed by atoms with Crippen LogP contribution in [-0.4, -0.2) is 30.2 Å². The van der Waals surface area contributed by atoms with Crippen LogP contribution in [0.2, 0.25) is 0 Å². The second-order valence-corrected chi connectivity index (χ2v) is 5.33. The molecular formula is C17H18N4O. The predicted octanol–water partition coefficient (Wildman–Crippen LogP) is 3.01. The van der Waals surface area contributed by atoms with Crippen molar-refractivity contribution in [3.05, 3.63) is 36.0 Å². The quantitative estimate of drug-likeness (QED) is 0.870. The Morgan fingerprint density at radius 1 is 1.14 bits per heavy atom. The number of anilines is 1. The molecule has 1 aromatic carbocycles. The number of nitriles is 1. The van der Waals surface area contributed by atoms with Crippen LogP contribution in [0, 0.1) is 11.3 Å². The first kappa shape index (κ1) is 14.3. The van der Waals surface area contributed by atoms with Gasteiger partial charge < -0.3 is 9.64 Å². The smallest absolute Gasteiger partial charge is 0.227 e. The standard InChI is InChI=1S/C17H18N4O/c1-22-15-7-5-6-13(10-15)16-11-14(12-18)19-17(20-16)21-8-3-2-4-9-21/h5-7,10-11H,2-4,8-9H2,1H3. The molecule has 0 spiro atoms. The Labute approximate surface area is 130 Å². The Bertz CT molecular complexity index is 702. The lowest BCUT2D eigenvalue weighted by atomic mass is 10.1. The summed E-state index contributed by atoms with van der Waals surface area (Å²) in [5.41, 5.74) is 2.08. The Balaban J connectivity index is 2.01. The molecule has 5 nitrogen and oxygen atoms in total. The zero-order valence-electron chi connectivity index (χ0n) is 12.6. The summed E-state index contributed by atoms with van der Waals surface area (Å²) in [6, 6.07) is 11.6. The number of ether oxygens (including phenoxy) is 1. The Morgan fingerprint density at radius 2 is 1.95 bits per heavy atom. The van der Waals surface area contributed by atoms with Gasteiger partial charge in [-0.3, -0.25) is 0 Å². The van der Waals surface area contributed by atoms with Crippen LogP contribution in [0.15, 0.2) is 30.3 Å². The van der Waals surface area contributed by atoms with Gasteiger partial charge in [-0.2, -0.15) is 5.26 Å². The van der Waals surface area contributed by atoms with Gasteiger partial charge in [0.05, 0.1) is 12.8 Å². The third-order valence-corrected chi connectivity index (χ3v) is 3.83. The zero-order chi connectivity index (χ0) is 15.4. The van der Waals surface area contributed by atoms with E-state index in [1.807, 2.05) is 24.3 Å². The summed E-state index contributed by atoms with van der Waals surface area (Å²) in [5, 5.41) is 9.25. The minimum atomic E-state index is 0.397. The van der Waals surface area contributed by atoms with Crippen LogP contribution in [0.1, 0.15) is 25.0 Å². The molecule has 1 aliphatic rings. The number of benzene rings is 1. The van der Waals surface area contributed by atoms with E-state index < -0.39 is 0 Å². The predicted molar refractivity (Wildman–Crippen MR) is 84.8 cm³/mol. The number of piperidine rings is 1. The topological polar surface area (TPSA) is 62.0 Å². The van der Waals surface area contributed by atoms with Crippen LogP contribution in [-0.2, 0) is 0 Å².